The van der Waals surface area contributed by atoms with E-state index in [0.29, 0.717) is 39.7 Å². The molecule has 0 atom stereocenters. The van der Waals surface area contributed by atoms with Crippen molar-refractivity contribution in [1.29, 1.82) is 0 Å². The number of nitrogens with one attached hydrogen (secondary N) is 2. The van der Waals surface area contributed by atoms with Crippen LogP contribution in [-0.2, 0) is 0 Å². The fourth-order valence-corrected chi connectivity index (χ4v) is 3.30. The van der Waals surface area contributed by atoms with Gasteiger partial charge in [0, 0.05) is 17.4 Å². The molecule has 4 rings (SSSR count). The van der Waals surface area contributed by atoms with E-state index in [1.807, 2.05) is 19.9 Å². The number of para-hydroxylation sites is 1. The molecular formula is C23H21ClN6O2. The maximum absolute atomic E-state index is 12.2. The van der Waals surface area contributed by atoms with E-state index >= 15 is 0 Å². The maximum atomic E-state index is 12.2. The Bertz CT molecular complexity index is 1270. The molecule has 0 bridgehead atoms. The van der Waals surface area contributed by atoms with Gasteiger partial charge in [-0.2, -0.15) is 10.1 Å². The number of hydrogen-bond donors (Lipinski definition) is 2. The predicted molar refractivity (Wildman–Crippen MR) is 124 cm³/mol. The van der Waals surface area contributed by atoms with Crippen molar-refractivity contribution in [2.45, 2.75) is 20.8 Å². The number of urea groups is 1. The minimum atomic E-state index is -0.396. The first-order chi connectivity index (χ1) is 15.4. The Morgan fingerprint density at radius 3 is 2.41 bits per heavy atom. The molecule has 2 aromatic carbocycles. The highest BCUT2D eigenvalue weighted by Crippen LogP contribution is 2.24. The average Bonchev–Trinajstić information content (AvgIpc) is 3.09. The zero-order valence-corrected chi connectivity index (χ0v) is 18.5. The second-order valence-corrected chi connectivity index (χ2v) is 7.54. The van der Waals surface area contributed by atoms with Gasteiger partial charge in [0.25, 0.3) is 0 Å². The first-order valence-electron chi connectivity index (χ1n) is 9.87. The van der Waals surface area contributed by atoms with Gasteiger partial charge >= 0.3 is 6.03 Å². The highest BCUT2D eigenvalue weighted by Gasteiger charge is 2.10. The Hall–Kier alpha value is -3.91. The average molecular weight is 449 g/mol. The number of halogens is 1. The normalized spacial score (nSPS) is 10.6. The van der Waals surface area contributed by atoms with Crippen molar-refractivity contribution >= 4 is 29.0 Å². The third-order valence-electron chi connectivity index (χ3n) is 4.48. The van der Waals surface area contributed by atoms with Gasteiger partial charge in [0.2, 0.25) is 5.88 Å². The summed E-state index contributed by atoms with van der Waals surface area (Å²) in [5, 5.41) is 10.4. The van der Waals surface area contributed by atoms with Crippen LogP contribution in [0.4, 0.5) is 16.2 Å². The highest BCUT2D eigenvalue weighted by molar-refractivity contribution is 6.33. The Morgan fingerprint density at radius 2 is 1.72 bits per heavy atom. The van der Waals surface area contributed by atoms with E-state index in [0.717, 1.165) is 11.4 Å². The third kappa shape index (κ3) is 5.04. The summed E-state index contributed by atoms with van der Waals surface area (Å²) in [6.07, 6.45) is 0. The van der Waals surface area contributed by atoms with Gasteiger partial charge in [-0.15, -0.1) is 0 Å². The van der Waals surface area contributed by atoms with Crippen molar-refractivity contribution in [3.63, 3.8) is 0 Å². The summed E-state index contributed by atoms with van der Waals surface area (Å²) in [6.45, 7) is 5.69. The summed E-state index contributed by atoms with van der Waals surface area (Å²) < 4.78 is 7.65. The molecule has 0 saturated heterocycles. The number of aromatic nitrogens is 4. The van der Waals surface area contributed by atoms with Crippen molar-refractivity contribution < 1.29 is 9.53 Å². The summed E-state index contributed by atoms with van der Waals surface area (Å²) >= 11 is 6.07. The number of aryl methyl sites for hydroxylation is 3. The molecular weight excluding hydrogens is 428 g/mol. The van der Waals surface area contributed by atoms with E-state index in [1.54, 1.807) is 66.2 Å². The number of rotatable bonds is 5. The lowest BCUT2D eigenvalue weighted by atomic mass is 10.3. The smallest absolute Gasteiger partial charge is 0.323 e. The van der Waals surface area contributed by atoms with Crippen LogP contribution in [-0.4, -0.2) is 25.8 Å². The van der Waals surface area contributed by atoms with Crippen LogP contribution in [0.15, 0.2) is 60.7 Å². The standard InChI is InChI=1S/C23H21ClN6O2/c1-14-12-15(2)30(29-14)21-13-22(26-16(3)25-21)32-18-10-8-17(9-11-18)27-23(31)28-20-7-5-4-6-19(20)24/h4-13H,1-3H3,(H2,27,28,31). The molecule has 0 aliphatic carbocycles. The van der Waals surface area contributed by atoms with Gasteiger partial charge in [-0.05, 0) is 63.2 Å². The van der Waals surface area contributed by atoms with Gasteiger partial charge in [0.15, 0.2) is 5.82 Å². The first-order valence-corrected chi connectivity index (χ1v) is 10.2. The fourth-order valence-electron chi connectivity index (χ4n) is 3.12. The summed E-state index contributed by atoms with van der Waals surface area (Å²) in [4.78, 5) is 21.0. The number of nitrogens with zero attached hydrogens (tertiary/aromatic N) is 4. The lowest BCUT2D eigenvalue weighted by molar-refractivity contribution is 0.262. The molecule has 0 saturated carbocycles. The molecule has 8 nitrogen and oxygen atoms in total. The number of benzene rings is 2. The van der Waals surface area contributed by atoms with Crippen molar-refractivity contribution in [1.82, 2.24) is 19.7 Å². The second kappa shape index (κ2) is 9.07. The molecule has 2 amide bonds. The van der Waals surface area contributed by atoms with Crippen LogP contribution in [0.5, 0.6) is 11.6 Å². The number of ether oxygens (including phenoxy) is 1. The molecule has 32 heavy (non-hydrogen) atoms. The van der Waals surface area contributed by atoms with Gasteiger partial charge in [-0.25, -0.2) is 14.5 Å². The maximum Gasteiger partial charge on any atom is 0.323 e. The molecule has 0 unspecified atom stereocenters. The van der Waals surface area contributed by atoms with Crippen LogP contribution in [0.3, 0.4) is 0 Å². The number of amides is 2. The van der Waals surface area contributed by atoms with Crippen molar-refractivity contribution in [3.8, 4) is 17.4 Å². The van der Waals surface area contributed by atoms with E-state index in [-0.39, 0.29) is 0 Å². The second-order valence-electron chi connectivity index (χ2n) is 7.14. The number of carbonyl (C=O) groups excluding carboxylic acids is 1. The van der Waals surface area contributed by atoms with Gasteiger partial charge in [-0.1, -0.05) is 23.7 Å². The summed E-state index contributed by atoms with van der Waals surface area (Å²) in [6, 6.07) is 17.3. The molecule has 0 spiro atoms. The van der Waals surface area contributed by atoms with E-state index in [4.69, 9.17) is 16.3 Å². The Morgan fingerprint density at radius 1 is 0.969 bits per heavy atom. The largest absolute Gasteiger partial charge is 0.439 e. The zero-order valence-electron chi connectivity index (χ0n) is 17.8. The van der Waals surface area contributed by atoms with E-state index in [1.165, 1.54) is 0 Å². The molecule has 0 aliphatic rings. The molecule has 2 aromatic heterocycles. The predicted octanol–water partition coefficient (Wildman–Crippen LogP) is 5.68. The van der Waals surface area contributed by atoms with Gasteiger partial charge in [0.1, 0.15) is 11.6 Å². The van der Waals surface area contributed by atoms with Crippen LogP contribution in [0.25, 0.3) is 5.82 Å². The van der Waals surface area contributed by atoms with Crippen LogP contribution >= 0.6 is 11.6 Å². The molecule has 2 N–H and O–H groups in total. The SMILES string of the molecule is Cc1cc(C)n(-c2cc(Oc3ccc(NC(=O)Nc4ccccc4Cl)cc3)nc(C)n2)n1. The fraction of sp³-hybridized carbons (Fsp3) is 0.130. The molecule has 4 aromatic rings. The Balaban J connectivity index is 1.44. The monoisotopic (exact) mass is 448 g/mol. The molecule has 0 fully saturated rings. The van der Waals surface area contributed by atoms with Gasteiger partial charge < -0.3 is 15.4 Å². The van der Waals surface area contributed by atoms with Crippen LogP contribution in [0.1, 0.15) is 17.2 Å². The summed E-state index contributed by atoms with van der Waals surface area (Å²) in [5.41, 5.74) is 3.01. The van der Waals surface area contributed by atoms with Crippen LogP contribution in [0, 0.1) is 20.8 Å². The minimum absolute atomic E-state index is 0.396. The number of carbonyl (C=O) groups is 1. The topological polar surface area (TPSA) is 94.0 Å². The van der Waals surface area contributed by atoms with Crippen LogP contribution in [0.2, 0.25) is 5.02 Å². The summed E-state index contributed by atoms with van der Waals surface area (Å²) in [5.74, 6) is 2.17. The first kappa shape index (κ1) is 21.3. The van der Waals surface area contributed by atoms with Gasteiger partial charge in [-0.3, -0.25) is 0 Å². The molecule has 9 heteroatoms. The number of hydrogen-bond acceptors (Lipinski definition) is 5. The molecule has 0 aliphatic heterocycles. The van der Waals surface area contributed by atoms with Crippen molar-refractivity contribution in [2.75, 3.05) is 10.6 Å². The minimum Gasteiger partial charge on any atom is -0.439 e. The Labute approximate surface area is 190 Å². The van der Waals surface area contributed by atoms with Crippen molar-refractivity contribution in [3.05, 3.63) is 82.9 Å². The third-order valence-corrected chi connectivity index (χ3v) is 4.81. The zero-order chi connectivity index (χ0) is 22.7. The Kier molecular flexibility index (Phi) is 6.04. The van der Waals surface area contributed by atoms with Gasteiger partial charge in [0.05, 0.1) is 16.4 Å². The summed E-state index contributed by atoms with van der Waals surface area (Å²) in [7, 11) is 0. The molecule has 0 radical (unpaired) electrons. The quantitative estimate of drug-likeness (QED) is 0.409. The van der Waals surface area contributed by atoms with Crippen molar-refractivity contribution in [2.24, 2.45) is 0 Å². The number of anilines is 2. The molecule has 162 valence electrons. The molecule has 2 heterocycles. The van der Waals surface area contributed by atoms with Crippen LogP contribution < -0.4 is 15.4 Å². The van der Waals surface area contributed by atoms with E-state index in [2.05, 4.69) is 25.7 Å². The van der Waals surface area contributed by atoms with E-state index in [9.17, 15) is 4.79 Å². The van der Waals surface area contributed by atoms with E-state index < -0.39 is 6.03 Å². The highest BCUT2D eigenvalue weighted by atomic mass is 35.5. The lowest BCUT2D eigenvalue weighted by Crippen LogP contribution is -2.19. The lowest BCUT2D eigenvalue weighted by Gasteiger charge is -2.11.